The molecule has 0 aliphatic rings. The largest absolute Gasteiger partial charge is 0.493 e. The zero-order valence-electron chi connectivity index (χ0n) is 14.0. The van der Waals surface area contributed by atoms with Crippen LogP contribution in [0.15, 0.2) is 52.9 Å². The SMILES string of the molecule is COc1cccc2cc(C(C)NC(=O)NCc3ccc(Cl)cc3)oc12. The number of hydrogen-bond donors (Lipinski definition) is 2. The first-order valence-corrected chi connectivity index (χ1v) is 8.30. The van der Waals surface area contributed by atoms with Crippen molar-refractivity contribution in [3.05, 3.63) is 64.9 Å². The highest BCUT2D eigenvalue weighted by atomic mass is 35.5. The topological polar surface area (TPSA) is 63.5 Å². The Kier molecular flexibility index (Phi) is 5.14. The summed E-state index contributed by atoms with van der Waals surface area (Å²) in [7, 11) is 1.60. The van der Waals surface area contributed by atoms with E-state index in [1.54, 1.807) is 19.2 Å². The van der Waals surface area contributed by atoms with Gasteiger partial charge in [0.25, 0.3) is 0 Å². The molecule has 0 radical (unpaired) electrons. The lowest BCUT2D eigenvalue weighted by atomic mass is 10.2. The van der Waals surface area contributed by atoms with E-state index in [2.05, 4.69) is 10.6 Å². The number of amides is 2. The third-order valence-corrected chi connectivity index (χ3v) is 4.14. The first-order chi connectivity index (χ1) is 12.1. The van der Waals surface area contributed by atoms with Gasteiger partial charge in [-0.15, -0.1) is 0 Å². The van der Waals surface area contributed by atoms with Crippen molar-refractivity contribution in [1.29, 1.82) is 0 Å². The Morgan fingerprint density at radius 1 is 1.24 bits per heavy atom. The van der Waals surface area contributed by atoms with Crippen LogP contribution >= 0.6 is 11.6 Å². The average molecular weight is 359 g/mol. The summed E-state index contributed by atoms with van der Waals surface area (Å²) in [6.07, 6.45) is 0. The molecule has 1 heterocycles. The zero-order chi connectivity index (χ0) is 17.8. The van der Waals surface area contributed by atoms with Gasteiger partial charge in [-0.3, -0.25) is 0 Å². The van der Waals surface area contributed by atoms with Crippen LogP contribution in [0.3, 0.4) is 0 Å². The Bertz CT molecular complexity index is 874. The summed E-state index contributed by atoms with van der Waals surface area (Å²) in [6, 6.07) is 14.4. The summed E-state index contributed by atoms with van der Waals surface area (Å²) in [5.74, 6) is 1.34. The Balaban J connectivity index is 1.62. The molecule has 130 valence electrons. The molecule has 0 fully saturated rings. The third kappa shape index (κ3) is 4.06. The molecule has 1 unspecified atom stereocenters. The quantitative estimate of drug-likeness (QED) is 0.697. The fourth-order valence-electron chi connectivity index (χ4n) is 2.53. The molecule has 2 aromatic carbocycles. The molecule has 25 heavy (non-hydrogen) atoms. The number of benzene rings is 2. The van der Waals surface area contributed by atoms with Gasteiger partial charge in [-0.05, 0) is 36.8 Å². The normalized spacial score (nSPS) is 12.0. The Labute approximate surface area is 150 Å². The molecule has 0 aliphatic heterocycles. The van der Waals surface area contributed by atoms with Gasteiger partial charge in [0.1, 0.15) is 5.76 Å². The van der Waals surface area contributed by atoms with Crippen molar-refractivity contribution in [2.45, 2.75) is 19.5 Å². The molecule has 3 rings (SSSR count). The van der Waals surface area contributed by atoms with Gasteiger partial charge in [0.2, 0.25) is 0 Å². The van der Waals surface area contributed by atoms with E-state index in [0.717, 1.165) is 10.9 Å². The van der Waals surface area contributed by atoms with E-state index in [0.29, 0.717) is 28.7 Å². The second-order valence-corrected chi connectivity index (χ2v) is 6.14. The maximum atomic E-state index is 12.1. The fraction of sp³-hybridized carbons (Fsp3) is 0.211. The van der Waals surface area contributed by atoms with Crippen molar-refractivity contribution >= 4 is 28.6 Å². The summed E-state index contributed by atoms with van der Waals surface area (Å²) in [4.78, 5) is 12.1. The number of carbonyl (C=O) groups is 1. The van der Waals surface area contributed by atoms with Crippen LogP contribution in [0.2, 0.25) is 5.02 Å². The number of fused-ring (bicyclic) bond motifs is 1. The minimum Gasteiger partial charge on any atom is -0.493 e. The summed E-state index contributed by atoms with van der Waals surface area (Å²) in [5.41, 5.74) is 1.65. The smallest absolute Gasteiger partial charge is 0.315 e. The van der Waals surface area contributed by atoms with Gasteiger partial charge >= 0.3 is 6.03 Å². The minimum atomic E-state index is -0.276. The number of para-hydroxylation sites is 1. The molecule has 3 aromatic rings. The number of rotatable bonds is 5. The van der Waals surface area contributed by atoms with E-state index in [1.165, 1.54) is 0 Å². The van der Waals surface area contributed by atoms with Gasteiger partial charge in [0.05, 0.1) is 13.2 Å². The summed E-state index contributed by atoms with van der Waals surface area (Å²) in [5, 5.41) is 7.28. The molecule has 1 aromatic heterocycles. The highest BCUT2D eigenvalue weighted by Crippen LogP contribution is 2.30. The summed E-state index contributed by atoms with van der Waals surface area (Å²) in [6.45, 7) is 2.29. The lowest BCUT2D eigenvalue weighted by Crippen LogP contribution is -2.36. The number of methoxy groups -OCH3 is 1. The van der Waals surface area contributed by atoms with Crippen molar-refractivity contribution in [3.8, 4) is 5.75 Å². The zero-order valence-corrected chi connectivity index (χ0v) is 14.8. The molecule has 2 N–H and O–H groups in total. The van der Waals surface area contributed by atoms with Gasteiger partial charge in [-0.2, -0.15) is 0 Å². The fourth-order valence-corrected chi connectivity index (χ4v) is 2.66. The van der Waals surface area contributed by atoms with Crippen LogP contribution in [0.1, 0.15) is 24.3 Å². The van der Waals surface area contributed by atoms with E-state index in [9.17, 15) is 4.79 Å². The minimum absolute atomic E-state index is 0.269. The standard InChI is InChI=1S/C19H19ClN2O3/c1-12(17-10-14-4-3-5-16(24-2)18(14)25-17)22-19(23)21-11-13-6-8-15(20)9-7-13/h3-10,12H,11H2,1-2H3,(H2,21,22,23). The highest BCUT2D eigenvalue weighted by molar-refractivity contribution is 6.30. The maximum Gasteiger partial charge on any atom is 0.315 e. The Hall–Kier alpha value is -2.66. The molecule has 0 aliphatic carbocycles. The van der Waals surface area contributed by atoms with Crippen molar-refractivity contribution < 1.29 is 13.9 Å². The molecular weight excluding hydrogens is 340 g/mol. The van der Waals surface area contributed by atoms with Crippen molar-refractivity contribution in [3.63, 3.8) is 0 Å². The average Bonchev–Trinajstić information content (AvgIpc) is 3.05. The Morgan fingerprint density at radius 3 is 2.72 bits per heavy atom. The lowest BCUT2D eigenvalue weighted by molar-refractivity contribution is 0.236. The first kappa shape index (κ1) is 17.2. The van der Waals surface area contributed by atoms with Gasteiger partial charge in [-0.25, -0.2) is 4.79 Å². The summed E-state index contributed by atoms with van der Waals surface area (Å²) >= 11 is 5.85. The molecule has 1 atom stereocenters. The monoisotopic (exact) mass is 358 g/mol. The lowest BCUT2D eigenvalue weighted by Gasteiger charge is -2.12. The van der Waals surface area contributed by atoms with E-state index in [4.69, 9.17) is 20.8 Å². The van der Waals surface area contributed by atoms with E-state index in [1.807, 2.05) is 43.3 Å². The molecule has 2 amide bonds. The molecule has 0 bridgehead atoms. The first-order valence-electron chi connectivity index (χ1n) is 7.92. The number of halogens is 1. The van der Waals surface area contributed by atoms with Gasteiger partial charge in [0.15, 0.2) is 11.3 Å². The summed E-state index contributed by atoms with van der Waals surface area (Å²) < 4.78 is 11.1. The molecule has 5 nitrogen and oxygen atoms in total. The third-order valence-electron chi connectivity index (χ3n) is 3.89. The van der Waals surface area contributed by atoms with Crippen LogP contribution in [0.5, 0.6) is 5.75 Å². The second-order valence-electron chi connectivity index (χ2n) is 5.70. The van der Waals surface area contributed by atoms with Crippen molar-refractivity contribution in [1.82, 2.24) is 10.6 Å². The van der Waals surface area contributed by atoms with E-state index in [-0.39, 0.29) is 12.1 Å². The van der Waals surface area contributed by atoms with Crippen molar-refractivity contribution in [2.75, 3.05) is 7.11 Å². The molecule has 6 heteroatoms. The van der Waals surface area contributed by atoms with Gasteiger partial charge in [-0.1, -0.05) is 35.9 Å². The predicted molar refractivity (Wildman–Crippen MR) is 98.0 cm³/mol. The molecule has 0 saturated carbocycles. The van der Waals surface area contributed by atoms with Gasteiger partial charge < -0.3 is 19.8 Å². The number of carbonyl (C=O) groups excluding carboxylic acids is 1. The molecule has 0 spiro atoms. The van der Waals surface area contributed by atoms with Crippen LogP contribution in [0.25, 0.3) is 11.0 Å². The van der Waals surface area contributed by atoms with Crippen LogP contribution in [0.4, 0.5) is 4.79 Å². The maximum absolute atomic E-state index is 12.1. The highest BCUT2D eigenvalue weighted by Gasteiger charge is 2.15. The van der Waals surface area contributed by atoms with E-state index >= 15 is 0 Å². The molecular formula is C19H19ClN2O3. The van der Waals surface area contributed by atoms with Crippen LogP contribution in [-0.4, -0.2) is 13.1 Å². The van der Waals surface area contributed by atoms with E-state index < -0.39 is 0 Å². The number of furan rings is 1. The number of nitrogens with one attached hydrogen (secondary N) is 2. The molecule has 0 saturated heterocycles. The predicted octanol–water partition coefficient (Wildman–Crippen LogP) is 4.66. The van der Waals surface area contributed by atoms with Crippen LogP contribution < -0.4 is 15.4 Å². The number of hydrogen-bond acceptors (Lipinski definition) is 3. The van der Waals surface area contributed by atoms with Gasteiger partial charge in [0, 0.05) is 17.0 Å². The van der Waals surface area contributed by atoms with Crippen LogP contribution in [-0.2, 0) is 6.54 Å². The number of urea groups is 1. The van der Waals surface area contributed by atoms with Crippen molar-refractivity contribution in [2.24, 2.45) is 0 Å². The Morgan fingerprint density at radius 2 is 2.00 bits per heavy atom. The second kappa shape index (κ2) is 7.49. The number of ether oxygens (including phenoxy) is 1. The van der Waals surface area contributed by atoms with Crippen LogP contribution in [0, 0.1) is 0 Å².